The maximum Gasteiger partial charge on any atom is 0.265 e. The Balaban J connectivity index is 1.84. The first kappa shape index (κ1) is 15.5. The fourth-order valence-electron chi connectivity index (χ4n) is 2.16. The molecule has 2 aromatic carbocycles. The van der Waals surface area contributed by atoms with Gasteiger partial charge in [-0.2, -0.15) is 0 Å². The summed E-state index contributed by atoms with van der Waals surface area (Å²) in [5.74, 6) is -0.947. The molecule has 2 amide bonds. The number of fused-ring (bicyclic) bond motifs is 1. The largest absolute Gasteiger partial charge is 0.479 e. The number of hydrogen-bond acceptors (Lipinski definition) is 3. The predicted octanol–water partition coefficient (Wildman–Crippen LogP) is 3.56. The van der Waals surface area contributed by atoms with Crippen LogP contribution in [0.1, 0.15) is 17.3 Å². The van der Waals surface area contributed by atoms with Crippen LogP contribution < -0.4 is 15.4 Å². The van der Waals surface area contributed by atoms with Crippen LogP contribution in [-0.2, 0) is 4.79 Å². The van der Waals surface area contributed by atoms with Crippen LogP contribution >= 0.6 is 15.9 Å². The number of ether oxygens (including phenoxy) is 1. The third-order valence-corrected chi connectivity index (χ3v) is 3.83. The topological polar surface area (TPSA) is 67.4 Å². The highest BCUT2D eigenvalue weighted by Crippen LogP contribution is 2.32. The minimum absolute atomic E-state index is 0.0778. The standard InChI is InChI=1S/C16H12BrFN2O3/c1-8-15(21)20-13-7-10(3-5-14(13)23-8)19-16(22)11-6-9(17)2-4-12(11)18/h2-8H,1H3,(H,19,22)(H,20,21)/t8-/m1/s1. The van der Waals surface area contributed by atoms with E-state index < -0.39 is 17.8 Å². The highest BCUT2D eigenvalue weighted by molar-refractivity contribution is 9.10. The summed E-state index contributed by atoms with van der Waals surface area (Å²) in [7, 11) is 0. The Kier molecular flexibility index (Phi) is 4.04. The number of anilines is 2. The molecule has 0 spiro atoms. The molecule has 0 radical (unpaired) electrons. The van der Waals surface area contributed by atoms with E-state index >= 15 is 0 Å². The van der Waals surface area contributed by atoms with E-state index in [1.807, 2.05) is 0 Å². The summed E-state index contributed by atoms with van der Waals surface area (Å²) >= 11 is 3.20. The van der Waals surface area contributed by atoms with E-state index in [0.717, 1.165) is 0 Å². The maximum absolute atomic E-state index is 13.7. The van der Waals surface area contributed by atoms with Crippen LogP contribution in [0.4, 0.5) is 15.8 Å². The van der Waals surface area contributed by atoms with E-state index in [9.17, 15) is 14.0 Å². The molecule has 1 aliphatic rings. The molecule has 0 unspecified atom stereocenters. The Hall–Kier alpha value is -2.41. The molecule has 0 bridgehead atoms. The van der Waals surface area contributed by atoms with Gasteiger partial charge < -0.3 is 15.4 Å². The van der Waals surface area contributed by atoms with Gasteiger partial charge in [0.15, 0.2) is 6.10 Å². The molecule has 2 aromatic rings. The molecule has 0 saturated carbocycles. The summed E-state index contributed by atoms with van der Waals surface area (Å²) in [6.07, 6.45) is -0.571. The highest BCUT2D eigenvalue weighted by atomic mass is 79.9. The molecule has 1 atom stereocenters. The molecule has 0 aliphatic carbocycles. The lowest BCUT2D eigenvalue weighted by molar-refractivity contribution is -0.122. The normalized spacial score (nSPS) is 16.1. The van der Waals surface area contributed by atoms with Gasteiger partial charge in [-0.3, -0.25) is 9.59 Å². The lowest BCUT2D eigenvalue weighted by Crippen LogP contribution is -2.34. The third kappa shape index (κ3) is 3.19. The monoisotopic (exact) mass is 378 g/mol. The minimum Gasteiger partial charge on any atom is -0.479 e. The van der Waals surface area contributed by atoms with Crippen LogP contribution in [0.25, 0.3) is 0 Å². The van der Waals surface area contributed by atoms with Crippen LogP contribution in [0.2, 0.25) is 0 Å². The number of amides is 2. The summed E-state index contributed by atoms with van der Waals surface area (Å²) in [5.41, 5.74) is 0.804. The summed E-state index contributed by atoms with van der Waals surface area (Å²) in [6.45, 7) is 1.64. The molecule has 1 heterocycles. The number of carbonyl (C=O) groups excluding carboxylic acids is 2. The quantitative estimate of drug-likeness (QED) is 0.839. The summed E-state index contributed by atoms with van der Waals surface area (Å²) < 4.78 is 19.8. The molecule has 2 N–H and O–H groups in total. The van der Waals surface area contributed by atoms with Crippen molar-refractivity contribution in [2.24, 2.45) is 0 Å². The lowest BCUT2D eigenvalue weighted by atomic mass is 10.1. The zero-order chi connectivity index (χ0) is 16.6. The van der Waals surface area contributed by atoms with E-state index in [4.69, 9.17) is 4.74 Å². The van der Waals surface area contributed by atoms with Gasteiger partial charge in [0, 0.05) is 10.2 Å². The van der Waals surface area contributed by atoms with E-state index in [2.05, 4.69) is 26.6 Å². The lowest BCUT2D eigenvalue weighted by Gasteiger charge is -2.23. The van der Waals surface area contributed by atoms with E-state index in [1.165, 1.54) is 18.2 Å². The average molecular weight is 379 g/mol. The second-order valence-electron chi connectivity index (χ2n) is 5.04. The van der Waals surface area contributed by atoms with E-state index in [-0.39, 0.29) is 11.5 Å². The molecule has 5 nitrogen and oxygen atoms in total. The van der Waals surface area contributed by atoms with Gasteiger partial charge in [-0.1, -0.05) is 15.9 Å². The number of hydrogen-bond donors (Lipinski definition) is 2. The van der Waals surface area contributed by atoms with Crippen LogP contribution in [0.5, 0.6) is 5.75 Å². The van der Waals surface area contributed by atoms with Gasteiger partial charge in [0.05, 0.1) is 11.3 Å². The fraction of sp³-hybridized carbons (Fsp3) is 0.125. The van der Waals surface area contributed by atoms with Gasteiger partial charge >= 0.3 is 0 Å². The van der Waals surface area contributed by atoms with Gasteiger partial charge in [0.1, 0.15) is 11.6 Å². The number of nitrogens with one attached hydrogen (secondary N) is 2. The fourth-order valence-corrected chi connectivity index (χ4v) is 2.52. The van der Waals surface area contributed by atoms with Gasteiger partial charge in [0.25, 0.3) is 11.8 Å². The number of carbonyl (C=O) groups is 2. The maximum atomic E-state index is 13.7. The molecular weight excluding hydrogens is 367 g/mol. The van der Waals surface area contributed by atoms with Gasteiger partial charge in [-0.25, -0.2) is 4.39 Å². The first-order valence-corrected chi connectivity index (χ1v) is 7.61. The Morgan fingerprint density at radius 2 is 2.09 bits per heavy atom. The van der Waals surface area contributed by atoms with Crippen molar-refractivity contribution in [1.82, 2.24) is 0 Å². The third-order valence-electron chi connectivity index (χ3n) is 3.34. The second-order valence-corrected chi connectivity index (χ2v) is 5.95. The molecule has 118 valence electrons. The Morgan fingerprint density at radius 3 is 2.87 bits per heavy atom. The zero-order valence-electron chi connectivity index (χ0n) is 12.0. The zero-order valence-corrected chi connectivity index (χ0v) is 13.6. The first-order valence-electron chi connectivity index (χ1n) is 6.82. The molecule has 1 aliphatic heterocycles. The van der Waals surface area contributed by atoms with Gasteiger partial charge in [-0.05, 0) is 43.3 Å². The van der Waals surface area contributed by atoms with Crippen molar-refractivity contribution in [1.29, 1.82) is 0 Å². The van der Waals surface area contributed by atoms with Gasteiger partial charge in [0.2, 0.25) is 0 Å². The van der Waals surface area contributed by atoms with Crippen molar-refractivity contribution in [2.75, 3.05) is 10.6 Å². The summed E-state index contributed by atoms with van der Waals surface area (Å²) in [5, 5.41) is 5.28. The molecular formula is C16H12BrFN2O3. The Morgan fingerprint density at radius 1 is 1.30 bits per heavy atom. The first-order chi connectivity index (χ1) is 10.9. The Bertz CT molecular complexity index is 810. The molecule has 0 aromatic heterocycles. The van der Waals surface area contributed by atoms with Crippen LogP contribution in [0.3, 0.4) is 0 Å². The summed E-state index contributed by atoms with van der Waals surface area (Å²) in [6, 6.07) is 8.94. The van der Waals surface area contributed by atoms with Crippen molar-refractivity contribution < 1.29 is 18.7 Å². The predicted molar refractivity (Wildman–Crippen MR) is 87.2 cm³/mol. The van der Waals surface area contributed by atoms with E-state index in [1.54, 1.807) is 25.1 Å². The van der Waals surface area contributed by atoms with Crippen molar-refractivity contribution in [3.63, 3.8) is 0 Å². The molecule has 23 heavy (non-hydrogen) atoms. The van der Waals surface area contributed by atoms with Crippen LogP contribution in [-0.4, -0.2) is 17.9 Å². The van der Waals surface area contributed by atoms with Crippen LogP contribution in [0.15, 0.2) is 40.9 Å². The van der Waals surface area contributed by atoms with E-state index in [0.29, 0.717) is 21.6 Å². The van der Waals surface area contributed by atoms with Crippen molar-refractivity contribution >= 4 is 39.1 Å². The minimum atomic E-state index is -0.617. The Labute approximate surface area is 140 Å². The SMILES string of the molecule is C[C@H]1Oc2ccc(NC(=O)c3cc(Br)ccc3F)cc2NC1=O. The van der Waals surface area contributed by atoms with Crippen molar-refractivity contribution in [3.8, 4) is 5.75 Å². The van der Waals surface area contributed by atoms with Crippen molar-refractivity contribution in [3.05, 3.63) is 52.3 Å². The summed E-state index contributed by atoms with van der Waals surface area (Å²) in [4.78, 5) is 23.8. The number of halogens is 2. The molecule has 0 saturated heterocycles. The van der Waals surface area contributed by atoms with Crippen molar-refractivity contribution in [2.45, 2.75) is 13.0 Å². The number of benzene rings is 2. The second kappa shape index (κ2) is 6.00. The van der Waals surface area contributed by atoms with Crippen LogP contribution in [0, 0.1) is 5.82 Å². The number of rotatable bonds is 2. The van der Waals surface area contributed by atoms with Gasteiger partial charge in [-0.15, -0.1) is 0 Å². The molecule has 7 heteroatoms. The smallest absolute Gasteiger partial charge is 0.265 e. The molecule has 0 fully saturated rings. The average Bonchev–Trinajstić information content (AvgIpc) is 2.51. The highest BCUT2D eigenvalue weighted by Gasteiger charge is 2.23. The molecule has 3 rings (SSSR count).